The molecule has 2 heterocycles. The molecular weight excluding hydrogens is 508 g/mol. The molecule has 3 aromatic rings. The molecule has 0 bridgehead atoms. The summed E-state index contributed by atoms with van der Waals surface area (Å²) in [5.74, 6) is 0.300. The van der Waals surface area contributed by atoms with Crippen LogP contribution >= 0.6 is 0 Å². The summed E-state index contributed by atoms with van der Waals surface area (Å²) < 4.78 is 11.0. The second kappa shape index (κ2) is 11.8. The predicted octanol–water partition coefficient (Wildman–Crippen LogP) is 4.09. The van der Waals surface area contributed by atoms with Crippen molar-refractivity contribution >= 4 is 23.6 Å². The van der Waals surface area contributed by atoms with E-state index in [1.807, 2.05) is 43.1 Å². The summed E-state index contributed by atoms with van der Waals surface area (Å²) in [6.07, 6.45) is -1.28. The van der Waals surface area contributed by atoms with Gasteiger partial charge in [0.15, 0.2) is 12.1 Å². The highest BCUT2D eigenvalue weighted by atomic mass is 16.6. The average Bonchev–Trinajstić information content (AvgIpc) is 3.30. The highest BCUT2D eigenvalue weighted by molar-refractivity contribution is 6.04. The van der Waals surface area contributed by atoms with Gasteiger partial charge >= 0.3 is 6.09 Å². The van der Waals surface area contributed by atoms with Crippen LogP contribution in [0.4, 0.5) is 10.5 Å². The Hall–Kier alpha value is -4.37. The van der Waals surface area contributed by atoms with Gasteiger partial charge in [0.05, 0.1) is 13.7 Å². The molecule has 2 fully saturated rings. The zero-order valence-electron chi connectivity index (χ0n) is 23.0. The minimum absolute atomic E-state index is 0.116. The van der Waals surface area contributed by atoms with E-state index in [4.69, 9.17) is 9.47 Å². The average molecular weight is 543 g/mol. The van der Waals surface area contributed by atoms with Crippen molar-refractivity contribution < 1.29 is 23.9 Å². The molecule has 2 aliphatic heterocycles. The molecule has 2 atom stereocenters. The number of cyclic esters (lactones) is 1. The Balaban J connectivity index is 1.37. The first-order valence-corrected chi connectivity index (χ1v) is 13.4. The summed E-state index contributed by atoms with van der Waals surface area (Å²) in [4.78, 5) is 45.4. The summed E-state index contributed by atoms with van der Waals surface area (Å²) in [5, 5.41) is 2.88. The summed E-state index contributed by atoms with van der Waals surface area (Å²) in [7, 11) is 3.61. The number of methoxy groups -OCH3 is 1. The zero-order chi connectivity index (χ0) is 28.2. The normalized spacial score (nSPS) is 19.3. The van der Waals surface area contributed by atoms with Crippen LogP contribution in [0.3, 0.4) is 0 Å². The number of nitrogens with one attached hydrogen (secondary N) is 1. The number of ether oxygens (including phenoxy) is 2. The van der Waals surface area contributed by atoms with E-state index in [0.29, 0.717) is 35.7 Å². The Labute approximate surface area is 234 Å². The summed E-state index contributed by atoms with van der Waals surface area (Å²) >= 11 is 0. The Bertz CT molecular complexity index is 1370. The van der Waals surface area contributed by atoms with E-state index in [-0.39, 0.29) is 18.4 Å². The van der Waals surface area contributed by atoms with Crippen molar-refractivity contribution in [1.82, 2.24) is 14.7 Å². The minimum Gasteiger partial charge on any atom is -0.497 e. The number of hydrogen-bond donors (Lipinski definition) is 1. The van der Waals surface area contributed by atoms with Crippen molar-refractivity contribution in [3.8, 4) is 5.75 Å². The maximum Gasteiger partial charge on any atom is 0.411 e. The van der Waals surface area contributed by atoms with Gasteiger partial charge in [-0.15, -0.1) is 0 Å². The van der Waals surface area contributed by atoms with Gasteiger partial charge in [0.25, 0.3) is 5.91 Å². The molecule has 2 aliphatic rings. The third kappa shape index (κ3) is 5.79. The second-order valence-corrected chi connectivity index (χ2v) is 10.2. The minimum atomic E-state index is -0.796. The highest BCUT2D eigenvalue weighted by Crippen LogP contribution is 2.36. The van der Waals surface area contributed by atoms with Gasteiger partial charge in [-0.2, -0.15) is 0 Å². The number of amides is 3. The topological polar surface area (TPSA) is 91.4 Å². The van der Waals surface area contributed by atoms with Crippen LogP contribution in [-0.4, -0.2) is 79.0 Å². The number of hydrogen-bond acceptors (Lipinski definition) is 6. The molecule has 1 N–H and O–H groups in total. The molecule has 2 saturated heterocycles. The largest absolute Gasteiger partial charge is 0.497 e. The molecule has 0 radical (unpaired) electrons. The van der Waals surface area contributed by atoms with Gasteiger partial charge < -0.3 is 24.6 Å². The molecule has 0 aliphatic carbocycles. The van der Waals surface area contributed by atoms with Gasteiger partial charge in [0.1, 0.15) is 5.75 Å². The molecule has 5 rings (SSSR count). The standard InChI is InChI=1S/C31H34N4O5/c1-21-6-4-5-7-24(21)20-35-27(30(37)34-18-16-33(2)17-19-34)28(40-31(35)38)22-8-12-25(13-9-22)32-29(36)23-10-14-26(39-3)15-11-23/h4-15,27-28H,16-20H2,1-3H3,(H,32,36). The van der Waals surface area contributed by atoms with Gasteiger partial charge in [-0.3, -0.25) is 14.5 Å². The lowest BCUT2D eigenvalue weighted by Gasteiger charge is -2.36. The Morgan fingerprint density at radius 1 is 0.950 bits per heavy atom. The van der Waals surface area contributed by atoms with Crippen molar-refractivity contribution in [3.05, 3.63) is 95.1 Å². The maximum atomic E-state index is 13.9. The lowest BCUT2D eigenvalue weighted by atomic mass is 9.99. The van der Waals surface area contributed by atoms with E-state index >= 15 is 0 Å². The smallest absolute Gasteiger partial charge is 0.411 e. The third-order valence-corrected chi connectivity index (χ3v) is 7.60. The Kier molecular flexibility index (Phi) is 8.02. The van der Waals surface area contributed by atoms with Crippen LogP contribution in [0.25, 0.3) is 0 Å². The summed E-state index contributed by atoms with van der Waals surface area (Å²) in [5.41, 5.74) is 3.79. The molecule has 3 aromatic carbocycles. The molecule has 0 saturated carbocycles. The van der Waals surface area contributed by atoms with Crippen molar-refractivity contribution in [1.29, 1.82) is 0 Å². The first kappa shape index (κ1) is 27.2. The zero-order valence-corrected chi connectivity index (χ0v) is 23.0. The highest BCUT2D eigenvalue weighted by Gasteiger charge is 2.48. The summed E-state index contributed by atoms with van der Waals surface area (Å²) in [6.45, 7) is 5.02. The van der Waals surface area contributed by atoms with Gasteiger partial charge in [0.2, 0.25) is 5.91 Å². The van der Waals surface area contributed by atoms with E-state index in [0.717, 1.165) is 24.2 Å². The fraction of sp³-hybridized carbons (Fsp3) is 0.323. The van der Waals surface area contributed by atoms with E-state index in [9.17, 15) is 14.4 Å². The van der Waals surface area contributed by atoms with Gasteiger partial charge in [-0.25, -0.2) is 4.79 Å². The number of likely N-dealkylation sites (N-methyl/N-ethyl adjacent to an activating group) is 1. The first-order chi connectivity index (χ1) is 19.3. The molecule has 40 heavy (non-hydrogen) atoms. The molecular formula is C31H34N4O5. The van der Waals surface area contributed by atoms with Crippen LogP contribution in [0.2, 0.25) is 0 Å². The van der Waals surface area contributed by atoms with E-state index in [1.54, 1.807) is 60.5 Å². The van der Waals surface area contributed by atoms with E-state index in [1.165, 1.54) is 0 Å². The van der Waals surface area contributed by atoms with E-state index < -0.39 is 18.2 Å². The molecule has 9 nitrogen and oxygen atoms in total. The Morgan fingerprint density at radius 3 is 2.27 bits per heavy atom. The number of piperazine rings is 1. The number of anilines is 1. The van der Waals surface area contributed by atoms with Crippen molar-refractivity contribution in [2.24, 2.45) is 0 Å². The number of rotatable bonds is 7. The number of nitrogens with zero attached hydrogens (tertiary/aromatic N) is 3. The van der Waals surface area contributed by atoms with Crippen LogP contribution in [0.15, 0.2) is 72.8 Å². The number of aryl methyl sites for hydroxylation is 1. The summed E-state index contributed by atoms with van der Waals surface area (Å²) in [6, 6.07) is 21.0. The SMILES string of the molecule is COc1ccc(C(=O)Nc2ccc(C3OC(=O)N(Cc4ccccc4C)C3C(=O)N3CCN(C)CC3)cc2)cc1. The fourth-order valence-electron chi connectivity index (χ4n) is 5.08. The van der Waals surface area contributed by atoms with Crippen LogP contribution in [0, 0.1) is 6.92 Å². The fourth-order valence-corrected chi connectivity index (χ4v) is 5.08. The van der Waals surface area contributed by atoms with Crippen LogP contribution in [0.1, 0.15) is 33.2 Å². The maximum absolute atomic E-state index is 13.9. The molecule has 3 amide bonds. The number of carbonyl (C=O) groups is 3. The van der Waals surface area contributed by atoms with Gasteiger partial charge in [-0.05, 0) is 67.1 Å². The second-order valence-electron chi connectivity index (χ2n) is 10.2. The first-order valence-electron chi connectivity index (χ1n) is 13.4. The van der Waals surface area contributed by atoms with Crippen LogP contribution in [0.5, 0.6) is 5.75 Å². The molecule has 9 heteroatoms. The van der Waals surface area contributed by atoms with Crippen molar-refractivity contribution in [2.75, 3.05) is 45.7 Å². The predicted molar refractivity (Wildman–Crippen MR) is 151 cm³/mol. The third-order valence-electron chi connectivity index (χ3n) is 7.60. The van der Waals surface area contributed by atoms with Crippen molar-refractivity contribution in [3.63, 3.8) is 0 Å². The van der Waals surface area contributed by atoms with E-state index in [2.05, 4.69) is 10.2 Å². The number of carbonyl (C=O) groups excluding carboxylic acids is 3. The lowest BCUT2D eigenvalue weighted by molar-refractivity contribution is -0.138. The molecule has 208 valence electrons. The van der Waals surface area contributed by atoms with Gasteiger partial charge in [0, 0.05) is 37.4 Å². The monoisotopic (exact) mass is 542 g/mol. The van der Waals surface area contributed by atoms with Crippen LogP contribution in [-0.2, 0) is 16.1 Å². The Morgan fingerprint density at radius 2 is 1.62 bits per heavy atom. The molecule has 2 unspecified atom stereocenters. The number of benzene rings is 3. The van der Waals surface area contributed by atoms with Gasteiger partial charge in [-0.1, -0.05) is 36.4 Å². The quantitative estimate of drug-likeness (QED) is 0.484. The van der Waals surface area contributed by atoms with Crippen molar-refractivity contribution in [2.45, 2.75) is 25.6 Å². The molecule has 0 aromatic heterocycles. The molecule has 0 spiro atoms. The lowest BCUT2D eigenvalue weighted by Crippen LogP contribution is -2.54. The van der Waals surface area contributed by atoms with Crippen LogP contribution < -0.4 is 10.1 Å².